The molecule has 0 bridgehead atoms. The average Bonchev–Trinajstić information content (AvgIpc) is 3.47. The minimum absolute atomic E-state index is 0.0281. The van der Waals surface area contributed by atoms with E-state index in [0.29, 0.717) is 22.2 Å². The predicted molar refractivity (Wildman–Crippen MR) is 148 cm³/mol. The van der Waals surface area contributed by atoms with Gasteiger partial charge in [0, 0.05) is 49.7 Å². The van der Waals surface area contributed by atoms with Crippen molar-refractivity contribution in [2.24, 2.45) is 4.99 Å². The van der Waals surface area contributed by atoms with Gasteiger partial charge < -0.3 is 9.64 Å². The summed E-state index contributed by atoms with van der Waals surface area (Å²) in [6, 6.07) is 9.23. The lowest BCUT2D eigenvalue weighted by atomic mass is 10.1. The number of nitrogens with zero attached hydrogens (tertiary/aromatic N) is 5. The Kier molecular flexibility index (Phi) is 8.32. The van der Waals surface area contributed by atoms with Crippen LogP contribution in [-0.4, -0.2) is 76.6 Å². The van der Waals surface area contributed by atoms with E-state index in [1.807, 2.05) is 19.1 Å². The maximum Gasteiger partial charge on any atom is 0.416 e. The molecule has 7 nitrogen and oxygen atoms in total. The first kappa shape index (κ1) is 27.7. The number of aromatic nitrogens is 2. The Morgan fingerprint density at radius 3 is 2.67 bits per heavy atom. The molecule has 0 spiro atoms. The van der Waals surface area contributed by atoms with E-state index in [1.54, 1.807) is 18.3 Å². The summed E-state index contributed by atoms with van der Waals surface area (Å²) >= 11 is 7.17. The number of fused-ring (bicyclic) bond motifs is 1. The lowest BCUT2D eigenvalue weighted by Gasteiger charge is -2.35. The lowest BCUT2D eigenvalue weighted by molar-refractivity contribution is -0.138. The largest absolute Gasteiger partial charge is 0.416 e. The van der Waals surface area contributed by atoms with Gasteiger partial charge in [0.1, 0.15) is 0 Å². The summed E-state index contributed by atoms with van der Waals surface area (Å²) in [4.78, 5) is 21.9. The molecule has 0 saturated carbocycles. The van der Waals surface area contributed by atoms with Crippen molar-refractivity contribution < 1.29 is 22.7 Å². The summed E-state index contributed by atoms with van der Waals surface area (Å²) < 4.78 is 47.5. The van der Waals surface area contributed by atoms with E-state index in [0.717, 1.165) is 56.3 Å². The number of piperazine rings is 1. The number of carbonyl (C=O) groups excluding carboxylic acids is 1. The number of benzene rings is 2. The summed E-state index contributed by atoms with van der Waals surface area (Å²) in [7, 11) is 0. The zero-order chi connectivity index (χ0) is 27.6. The number of thioether (sulfide) groups is 1. The summed E-state index contributed by atoms with van der Waals surface area (Å²) in [6.07, 6.45) is -1.12. The molecule has 0 aliphatic carbocycles. The minimum atomic E-state index is -4.52. The van der Waals surface area contributed by atoms with Crippen molar-refractivity contribution in [3.63, 3.8) is 0 Å². The van der Waals surface area contributed by atoms with Crippen LogP contribution in [0, 0.1) is 0 Å². The number of amidine groups is 1. The van der Waals surface area contributed by atoms with Gasteiger partial charge in [-0.1, -0.05) is 23.7 Å². The van der Waals surface area contributed by atoms with Crippen molar-refractivity contribution in [2.45, 2.75) is 19.6 Å². The summed E-state index contributed by atoms with van der Waals surface area (Å²) in [6.45, 7) is 7.64. The molecule has 206 valence electrons. The Morgan fingerprint density at radius 2 is 1.92 bits per heavy atom. The normalized spacial score (nSPS) is 18.0. The van der Waals surface area contributed by atoms with E-state index in [2.05, 4.69) is 19.9 Å². The van der Waals surface area contributed by atoms with Crippen LogP contribution in [0.3, 0.4) is 0 Å². The van der Waals surface area contributed by atoms with Crippen LogP contribution < -0.4 is 0 Å². The molecule has 1 amide bonds. The van der Waals surface area contributed by atoms with Crippen LogP contribution in [0.2, 0.25) is 5.02 Å². The highest BCUT2D eigenvalue weighted by Crippen LogP contribution is 2.35. The highest BCUT2D eigenvalue weighted by molar-refractivity contribution is 8.18. The van der Waals surface area contributed by atoms with E-state index >= 15 is 0 Å². The van der Waals surface area contributed by atoms with Gasteiger partial charge in [-0.15, -0.1) is 0 Å². The molecule has 2 aliphatic rings. The second-order valence-electron chi connectivity index (χ2n) is 9.26. The third kappa shape index (κ3) is 6.49. The molecule has 3 heterocycles. The molecule has 2 aliphatic heterocycles. The first-order valence-electron chi connectivity index (χ1n) is 12.6. The third-order valence-electron chi connectivity index (χ3n) is 6.67. The molecule has 0 radical (unpaired) electrons. The number of halogens is 4. The van der Waals surface area contributed by atoms with E-state index in [9.17, 15) is 18.0 Å². The van der Waals surface area contributed by atoms with Crippen molar-refractivity contribution in [3.05, 3.63) is 69.2 Å². The Morgan fingerprint density at radius 1 is 1.13 bits per heavy atom. The fraction of sp³-hybridized carbons (Fsp3) is 0.370. The van der Waals surface area contributed by atoms with E-state index in [1.165, 1.54) is 28.6 Å². The fourth-order valence-electron chi connectivity index (χ4n) is 4.62. The van der Waals surface area contributed by atoms with Crippen molar-refractivity contribution in [1.82, 2.24) is 19.6 Å². The third-order valence-corrected chi connectivity index (χ3v) is 7.95. The first-order chi connectivity index (χ1) is 18.7. The van der Waals surface area contributed by atoms with E-state index < -0.39 is 11.7 Å². The molecule has 1 saturated heterocycles. The van der Waals surface area contributed by atoms with Gasteiger partial charge in [-0.2, -0.15) is 23.3 Å². The number of ether oxygens (including phenoxy) is 1. The number of hydrogen-bond acceptors (Lipinski definition) is 6. The second-order valence-corrected chi connectivity index (χ2v) is 10.7. The van der Waals surface area contributed by atoms with Crippen LogP contribution in [0.15, 0.2) is 52.5 Å². The molecule has 0 N–H and O–H groups in total. The molecule has 3 aromatic rings. The predicted octanol–water partition coefficient (Wildman–Crippen LogP) is 5.38. The van der Waals surface area contributed by atoms with Crippen LogP contribution in [-0.2, 0) is 22.3 Å². The van der Waals surface area contributed by atoms with Crippen LogP contribution in [0.1, 0.15) is 23.6 Å². The van der Waals surface area contributed by atoms with Gasteiger partial charge >= 0.3 is 6.18 Å². The molecule has 1 aromatic heterocycles. The first-order valence-corrected chi connectivity index (χ1v) is 13.8. The van der Waals surface area contributed by atoms with Gasteiger partial charge in [-0.25, -0.2) is 0 Å². The number of aliphatic imine (C=N–C) groups is 1. The second kappa shape index (κ2) is 11.7. The number of rotatable bonds is 7. The highest BCUT2D eigenvalue weighted by atomic mass is 35.5. The number of carbonyl (C=O) groups is 1. The molecule has 2 aromatic carbocycles. The Balaban J connectivity index is 1.26. The minimum Gasteiger partial charge on any atom is -0.380 e. The lowest BCUT2D eigenvalue weighted by Crippen LogP contribution is -2.48. The van der Waals surface area contributed by atoms with E-state index in [-0.39, 0.29) is 23.0 Å². The molecule has 39 heavy (non-hydrogen) atoms. The molecule has 1 fully saturated rings. The van der Waals surface area contributed by atoms with Crippen LogP contribution in [0.25, 0.3) is 17.0 Å². The number of amides is 1. The zero-order valence-corrected chi connectivity index (χ0v) is 22.8. The maximum atomic E-state index is 13.5. The van der Waals surface area contributed by atoms with Gasteiger partial charge in [0.05, 0.1) is 35.3 Å². The topological polar surface area (TPSA) is 63.0 Å². The van der Waals surface area contributed by atoms with Gasteiger partial charge in [0.15, 0.2) is 5.17 Å². The standard InChI is InChI=1S/C27H27ClF3N5O2S/c1-2-38-12-11-34-7-9-35(10-8-34)26-33-25(37)24(39-26)14-18-3-6-23-20(13-18)16-32-36(23)17-19-4-5-21(28)15-22(19)27(29,30)31/h3-6,13-16H,2,7-12,17H2,1H3/b24-14-. The van der Waals surface area contributed by atoms with Gasteiger partial charge in [-0.3, -0.25) is 14.4 Å². The van der Waals surface area contributed by atoms with Crippen LogP contribution >= 0.6 is 23.4 Å². The zero-order valence-electron chi connectivity index (χ0n) is 21.2. The molecular formula is C27H27ClF3N5O2S. The molecular weight excluding hydrogens is 551 g/mol. The Hall–Kier alpha value is -2.86. The van der Waals surface area contributed by atoms with Crippen molar-refractivity contribution in [2.75, 3.05) is 45.9 Å². The van der Waals surface area contributed by atoms with Gasteiger partial charge in [0.2, 0.25) is 0 Å². The van der Waals surface area contributed by atoms with Crippen molar-refractivity contribution >= 4 is 51.4 Å². The van der Waals surface area contributed by atoms with Crippen molar-refractivity contribution in [1.29, 1.82) is 0 Å². The quantitative estimate of drug-likeness (QED) is 0.277. The Labute approximate surface area is 233 Å². The number of alkyl halides is 3. The van der Waals surface area contributed by atoms with Crippen LogP contribution in [0.4, 0.5) is 13.2 Å². The van der Waals surface area contributed by atoms with Crippen molar-refractivity contribution in [3.8, 4) is 0 Å². The summed E-state index contributed by atoms with van der Waals surface area (Å²) in [5.74, 6) is -0.271. The van der Waals surface area contributed by atoms with Gasteiger partial charge in [0.25, 0.3) is 5.91 Å². The maximum absolute atomic E-state index is 13.5. The highest BCUT2D eigenvalue weighted by Gasteiger charge is 2.34. The molecule has 12 heteroatoms. The summed E-state index contributed by atoms with van der Waals surface area (Å²) in [5, 5.41) is 5.81. The SMILES string of the molecule is CCOCCN1CCN(C2=NC(=O)/C(=C/c3ccc4c(cnn4Cc4ccc(Cl)cc4C(F)(F)F)c3)S2)CC1. The Bertz CT molecular complexity index is 1430. The smallest absolute Gasteiger partial charge is 0.380 e. The monoisotopic (exact) mass is 577 g/mol. The average molecular weight is 578 g/mol. The number of hydrogen-bond donors (Lipinski definition) is 0. The van der Waals surface area contributed by atoms with Crippen LogP contribution in [0.5, 0.6) is 0 Å². The summed E-state index contributed by atoms with van der Waals surface area (Å²) in [5.41, 5.74) is 0.776. The molecule has 0 atom stereocenters. The van der Waals surface area contributed by atoms with Gasteiger partial charge in [-0.05, 0) is 60.2 Å². The molecule has 5 rings (SSSR count). The fourth-order valence-corrected chi connectivity index (χ4v) is 5.76. The van der Waals surface area contributed by atoms with E-state index in [4.69, 9.17) is 16.3 Å². The molecule has 0 unspecified atom stereocenters.